The number of nitrogens with zero attached hydrogens (tertiary/aromatic N) is 1. The maximum absolute atomic E-state index is 12.9. The minimum absolute atomic E-state index is 0.120. The van der Waals surface area contributed by atoms with Crippen molar-refractivity contribution in [1.29, 1.82) is 0 Å². The Labute approximate surface area is 151 Å². The lowest BCUT2D eigenvalue weighted by atomic mass is 9.94. The molecule has 1 amide bonds. The molecular weight excluding hydrogens is 308 g/mol. The summed E-state index contributed by atoms with van der Waals surface area (Å²) in [5.74, 6) is 0.120. The van der Waals surface area contributed by atoms with E-state index in [1.807, 2.05) is 6.07 Å². The summed E-state index contributed by atoms with van der Waals surface area (Å²) in [6.45, 7) is 10.4. The van der Waals surface area contributed by atoms with E-state index in [0.717, 1.165) is 42.7 Å². The summed E-state index contributed by atoms with van der Waals surface area (Å²) < 4.78 is 0. The number of carbonyl (C=O) groups is 1. The minimum Gasteiger partial charge on any atom is -0.372 e. The van der Waals surface area contributed by atoms with Crippen LogP contribution in [-0.2, 0) is 10.2 Å². The smallest absolute Gasteiger partial charge is 0.235 e. The van der Waals surface area contributed by atoms with Crippen LogP contribution in [0.1, 0.15) is 43.4 Å². The molecule has 0 aromatic heterocycles. The largest absolute Gasteiger partial charge is 0.372 e. The van der Waals surface area contributed by atoms with Gasteiger partial charge in [0.2, 0.25) is 5.91 Å². The lowest BCUT2D eigenvalue weighted by molar-refractivity contribution is -0.118. The van der Waals surface area contributed by atoms with Crippen molar-refractivity contribution < 1.29 is 4.79 Å². The molecule has 25 heavy (non-hydrogen) atoms. The van der Waals surface area contributed by atoms with Crippen molar-refractivity contribution in [2.75, 3.05) is 23.3 Å². The van der Waals surface area contributed by atoms with Crippen LogP contribution >= 0.6 is 0 Å². The van der Waals surface area contributed by atoms with Crippen LogP contribution in [0.4, 0.5) is 11.4 Å². The third kappa shape index (κ3) is 3.41. The van der Waals surface area contributed by atoms with Crippen LogP contribution in [0.25, 0.3) is 0 Å². The number of hydrogen-bond donors (Lipinski definition) is 1. The van der Waals surface area contributed by atoms with E-state index in [1.165, 1.54) is 11.3 Å². The predicted octanol–water partition coefficient (Wildman–Crippen LogP) is 4.82. The number of carbonyl (C=O) groups excluding carboxylic acids is 1. The van der Waals surface area contributed by atoms with Crippen molar-refractivity contribution in [2.24, 2.45) is 0 Å². The highest BCUT2D eigenvalue weighted by Gasteiger charge is 2.51. The quantitative estimate of drug-likeness (QED) is 0.820. The average molecular weight is 336 g/mol. The number of hydrogen-bond acceptors (Lipinski definition) is 2. The van der Waals surface area contributed by atoms with Gasteiger partial charge in [0.05, 0.1) is 5.41 Å². The first-order valence-corrected chi connectivity index (χ1v) is 9.24. The standard InChI is InChI=1S/C22H28N2O/c1-5-24(6-2)19-11-12-20(17(4)15-19)23-21(25)22(13-14-22)18-9-7-16(3)8-10-18/h7-12,15H,5-6,13-14H2,1-4H3,(H,23,25). The van der Waals surface area contributed by atoms with Gasteiger partial charge in [0.15, 0.2) is 0 Å². The Kier molecular flexibility index (Phi) is 4.85. The van der Waals surface area contributed by atoms with Gasteiger partial charge in [-0.25, -0.2) is 0 Å². The zero-order valence-corrected chi connectivity index (χ0v) is 15.7. The molecule has 0 heterocycles. The summed E-state index contributed by atoms with van der Waals surface area (Å²) in [7, 11) is 0. The van der Waals surface area contributed by atoms with E-state index < -0.39 is 0 Å². The molecule has 0 saturated heterocycles. The molecule has 1 N–H and O–H groups in total. The van der Waals surface area contributed by atoms with Gasteiger partial charge in [-0.2, -0.15) is 0 Å². The van der Waals surface area contributed by atoms with Gasteiger partial charge < -0.3 is 10.2 Å². The molecule has 0 bridgehead atoms. The Morgan fingerprint density at radius 3 is 2.20 bits per heavy atom. The van der Waals surface area contributed by atoms with Crippen LogP contribution in [-0.4, -0.2) is 19.0 Å². The van der Waals surface area contributed by atoms with Gasteiger partial charge in [0.25, 0.3) is 0 Å². The Bertz CT molecular complexity index is 756. The van der Waals surface area contributed by atoms with Gasteiger partial charge in [0, 0.05) is 24.5 Å². The summed E-state index contributed by atoms with van der Waals surface area (Å²) in [5.41, 5.74) is 5.25. The number of nitrogens with one attached hydrogen (secondary N) is 1. The van der Waals surface area contributed by atoms with Crippen LogP contribution in [0.2, 0.25) is 0 Å². The molecule has 0 radical (unpaired) electrons. The highest BCUT2D eigenvalue weighted by molar-refractivity contribution is 6.02. The fraction of sp³-hybridized carbons (Fsp3) is 0.409. The zero-order chi connectivity index (χ0) is 18.0. The fourth-order valence-corrected chi connectivity index (χ4v) is 3.46. The van der Waals surface area contributed by atoms with Crippen LogP contribution in [0.5, 0.6) is 0 Å². The Hall–Kier alpha value is -2.29. The second kappa shape index (κ2) is 6.91. The average Bonchev–Trinajstić information content (AvgIpc) is 3.41. The number of amides is 1. The lowest BCUT2D eigenvalue weighted by Crippen LogP contribution is -2.28. The van der Waals surface area contributed by atoms with Gasteiger partial charge in [-0.1, -0.05) is 29.8 Å². The van der Waals surface area contributed by atoms with Gasteiger partial charge in [-0.05, 0) is 69.9 Å². The van der Waals surface area contributed by atoms with E-state index in [2.05, 4.69) is 74.3 Å². The topological polar surface area (TPSA) is 32.3 Å². The lowest BCUT2D eigenvalue weighted by Gasteiger charge is -2.23. The van der Waals surface area contributed by atoms with E-state index in [4.69, 9.17) is 0 Å². The van der Waals surface area contributed by atoms with Gasteiger partial charge in [-0.15, -0.1) is 0 Å². The molecule has 132 valence electrons. The van der Waals surface area contributed by atoms with Crippen molar-refractivity contribution in [1.82, 2.24) is 0 Å². The SMILES string of the molecule is CCN(CC)c1ccc(NC(=O)C2(c3ccc(C)cc3)CC2)c(C)c1. The van der Waals surface area contributed by atoms with Crippen molar-refractivity contribution in [2.45, 2.75) is 46.0 Å². The van der Waals surface area contributed by atoms with E-state index in [1.54, 1.807) is 0 Å². The van der Waals surface area contributed by atoms with Gasteiger partial charge in [0.1, 0.15) is 0 Å². The molecule has 2 aromatic carbocycles. The molecule has 1 aliphatic carbocycles. The zero-order valence-electron chi connectivity index (χ0n) is 15.7. The third-order valence-electron chi connectivity index (χ3n) is 5.38. The van der Waals surface area contributed by atoms with E-state index in [-0.39, 0.29) is 11.3 Å². The molecule has 3 rings (SSSR count). The summed E-state index contributed by atoms with van der Waals surface area (Å²) in [4.78, 5) is 15.3. The second-order valence-corrected chi connectivity index (χ2v) is 7.07. The highest BCUT2D eigenvalue weighted by Crippen LogP contribution is 2.49. The van der Waals surface area contributed by atoms with Crippen molar-refractivity contribution in [3.05, 3.63) is 59.2 Å². The summed E-state index contributed by atoms with van der Waals surface area (Å²) in [5, 5.41) is 3.17. The Balaban J connectivity index is 1.78. The van der Waals surface area contributed by atoms with Crippen LogP contribution in [0.3, 0.4) is 0 Å². The maximum atomic E-state index is 12.9. The van der Waals surface area contributed by atoms with Gasteiger partial charge >= 0.3 is 0 Å². The third-order valence-corrected chi connectivity index (χ3v) is 5.38. The van der Waals surface area contributed by atoms with E-state index in [0.29, 0.717) is 0 Å². The highest BCUT2D eigenvalue weighted by atomic mass is 16.2. The van der Waals surface area contributed by atoms with Crippen LogP contribution < -0.4 is 10.2 Å². The predicted molar refractivity (Wildman–Crippen MR) is 105 cm³/mol. The van der Waals surface area contributed by atoms with Crippen LogP contribution in [0.15, 0.2) is 42.5 Å². The normalized spacial score (nSPS) is 14.9. The van der Waals surface area contributed by atoms with Crippen LogP contribution in [0, 0.1) is 13.8 Å². The molecule has 2 aromatic rings. The Morgan fingerprint density at radius 2 is 1.68 bits per heavy atom. The minimum atomic E-state index is -0.336. The molecule has 0 aliphatic heterocycles. The fourth-order valence-electron chi connectivity index (χ4n) is 3.46. The molecule has 0 unspecified atom stereocenters. The summed E-state index contributed by atoms with van der Waals surface area (Å²) in [6, 6.07) is 14.7. The number of aryl methyl sites for hydroxylation is 2. The molecular formula is C22H28N2O. The molecule has 1 saturated carbocycles. The number of rotatable bonds is 6. The number of benzene rings is 2. The number of anilines is 2. The maximum Gasteiger partial charge on any atom is 0.235 e. The van der Waals surface area contributed by atoms with Gasteiger partial charge in [-0.3, -0.25) is 4.79 Å². The molecule has 3 nitrogen and oxygen atoms in total. The van der Waals surface area contributed by atoms with Crippen molar-refractivity contribution in [3.8, 4) is 0 Å². The van der Waals surface area contributed by atoms with E-state index in [9.17, 15) is 4.79 Å². The monoisotopic (exact) mass is 336 g/mol. The first kappa shape index (κ1) is 17.5. The summed E-state index contributed by atoms with van der Waals surface area (Å²) in [6.07, 6.45) is 1.86. The molecule has 0 spiro atoms. The van der Waals surface area contributed by atoms with Crippen molar-refractivity contribution >= 4 is 17.3 Å². The first-order chi connectivity index (χ1) is 12.0. The first-order valence-electron chi connectivity index (χ1n) is 9.24. The molecule has 0 atom stereocenters. The Morgan fingerprint density at radius 1 is 1.04 bits per heavy atom. The molecule has 1 fully saturated rings. The summed E-state index contributed by atoms with van der Waals surface area (Å²) >= 11 is 0. The molecule has 1 aliphatic rings. The van der Waals surface area contributed by atoms with Crippen molar-refractivity contribution in [3.63, 3.8) is 0 Å². The molecule has 3 heteroatoms. The second-order valence-electron chi connectivity index (χ2n) is 7.07. The van der Waals surface area contributed by atoms with E-state index >= 15 is 0 Å².